The Morgan fingerprint density at radius 2 is 2.14 bits per heavy atom. The van der Waals surface area contributed by atoms with Gasteiger partial charge in [-0.25, -0.2) is 4.68 Å². The average molecular weight is 285 g/mol. The maximum absolute atomic E-state index is 12.4. The lowest BCUT2D eigenvalue weighted by atomic mass is 9.96. The van der Waals surface area contributed by atoms with Crippen molar-refractivity contribution in [3.8, 4) is 0 Å². The van der Waals surface area contributed by atoms with E-state index >= 15 is 0 Å². The Balaban J connectivity index is 1.66. The fraction of sp³-hybridized carbons (Fsp3) is 0.467. The van der Waals surface area contributed by atoms with Gasteiger partial charge in [0.25, 0.3) is 0 Å². The van der Waals surface area contributed by atoms with Crippen molar-refractivity contribution in [3.05, 3.63) is 41.7 Å². The van der Waals surface area contributed by atoms with Gasteiger partial charge in [0.2, 0.25) is 5.91 Å². The molecule has 6 heteroatoms. The third-order valence-corrected chi connectivity index (χ3v) is 3.99. The molecule has 1 unspecified atom stereocenters. The number of amides is 1. The Morgan fingerprint density at radius 1 is 1.33 bits per heavy atom. The highest BCUT2D eigenvalue weighted by Crippen LogP contribution is 2.25. The molecule has 2 aromatic rings. The predicted octanol–water partition coefficient (Wildman–Crippen LogP) is 1.16. The third-order valence-electron chi connectivity index (χ3n) is 3.99. The zero-order valence-corrected chi connectivity index (χ0v) is 12.1. The van der Waals surface area contributed by atoms with Crippen LogP contribution in [0, 0.1) is 0 Å². The monoisotopic (exact) mass is 285 g/mol. The molecule has 6 nitrogen and oxygen atoms in total. The molecule has 3 rings (SSSR count). The molecular weight excluding hydrogens is 266 g/mol. The number of carbonyl (C=O) groups excluding carboxylic acids is 1. The quantitative estimate of drug-likeness (QED) is 0.849. The van der Waals surface area contributed by atoms with Crippen molar-refractivity contribution in [3.63, 3.8) is 0 Å². The van der Waals surface area contributed by atoms with Crippen LogP contribution in [0.3, 0.4) is 0 Å². The van der Waals surface area contributed by atoms with Crippen molar-refractivity contribution >= 4 is 5.91 Å². The second-order valence-corrected chi connectivity index (χ2v) is 5.50. The van der Waals surface area contributed by atoms with E-state index in [-0.39, 0.29) is 11.8 Å². The molecule has 0 aliphatic carbocycles. The zero-order chi connectivity index (χ0) is 14.7. The van der Waals surface area contributed by atoms with Crippen LogP contribution in [0.2, 0.25) is 0 Å². The van der Waals surface area contributed by atoms with Crippen LogP contribution in [0.4, 0.5) is 0 Å². The van der Waals surface area contributed by atoms with Crippen molar-refractivity contribution in [1.82, 2.24) is 25.1 Å². The number of aromatic nitrogens is 4. The summed E-state index contributed by atoms with van der Waals surface area (Å²) in [4.78, 5) is 14.4. The molecule has 1 aromatic heterocycles. The maximum Gasteiger partial charge on any atom is 0.227 e. The van der Waals surface area contributed by atoms with E-state index in [0.717, 1.165) is 30.8 Å². The van der Waals surface area contributed by atoms with E-state index in [2.05, 4.69) is 15.5 Å². The van der Waals surface area contributed by atoms with Gasteiger partial charge in [-0.1, -0.05) is 30.3 Å². The number of likely N-dealkylation sites (tertiary alicyclic amines) is 1. The van der Waals surface area contributed by atoms with E-state index in [0.29, 0.717) is 13.0 Å². The van der Waals surface area contributed by atoms with Crippen LogP contribution in [0.25, 0.3) is 0 Å². The molecular formula is C15H19N5O. The molecule has 1 aliphatic rings. The summed E-state index contributed by atoms with van der Waals surface area (Å²) in [5, 5.41) is 11.7. The fourth-order valence-corrected chi connectivity index (χ4v) is 2.88. The molecule has 1 aromatic carbocycles. The highest BCUT2D eigenvalue weighted by molar-refractivity contribution is 5.78. The molecule has 2 heterocycles. The molecule has 110 valence electrons. The van der Waals surface area contributed by atoms with Crippen molar-refractivity contribution in [1.29, 1.82) is 0 Å². The highest BCUT2D eigenvalue weighted by Gasteiger charge is 2.27. The SMILES string of the molecule is Cn1nnnc1C1CCCN(C(=O)Cc2ccccc2)C1. The lowest BCUT2D eigenvalue weighted by Crippen LogP contribution is -2.40. The molecule has 0 N–H and O–H groups in total. The van der Waals surface area contributed by atoms with Gasteiger partial charge < -0.3 is 4.90 Å². The highest BCUT2D eigenvalue weighted by atomic mass is 16.2. The maximum atomic E-state index is 12.4. The fourth-order valence-electron chi connectivity index (χ4n) is 2.88. The van der Waals surface area contributed by atoms with Gasteiger partial charge >= 0.3 is 0 Å². The lowest BCUT2D eigenvalue weighted by Gasteiger charge is -2.32. The molecule has 21 heavy (non-hydrogen) atoms. The summed E-state index contributed by atoms with van der Waals surface area (Å²) < 4.78 is 1.70. The Morgan fingerprint density at radius 3 is 2.86 bits per heavy atom. The lowest BCUT2D eigenvalue weighted by molar-refractivity contribution is -0.131. The van der Waals surface area contributed by atoms with E-state index in [1.165, 1.54) is 0 Å². The number of aryl methyl sites for hydroxylation is 1. The minimum atomic E-state index is 0.182. The van der Waals surface area contributed by atoms with E-state index in [1.54, 1.807) is 4.68 Å². The number of tetrazole rings is 1. The predicted molar refractivity (Wildman–Crippen MR) is 77.5 cm³/mol. The summed E-state index contributed by atoms with van der Waals surface area (Å²) in [6, 6.07) is 9.88. The summed E-state index contributed by atoms with van der Waals surface area (Å²) >= 11 is 0. The van der Waals surface area contributed by atoms with Crippen LogP contribution < -0.4 is 0 Å². The topological polar surface area (TPSA) is 63.9 Å². The van der Waals surface area contributed by atoms with Crippen LogP contribution in [-0.2, 0) is 18.3 Å². The first-order valence-corrected chi connectivity index (χ1v) is 7.28. The van der Waals surface area contributed by atoms with Gasteiger partial charge in [0.1, 0.15) is 0 Å². The first kappa shape index (κ1) is 13.7. The molecule has 1 aliphatic heterocycles. The number of nitrogens with zero attached hydrogens (tertiary/aromatic N) is 5. The molecule has 0 spiro atoms. The molecule has 0 bridgehead atoms. The smallest absolute Gasteiger partial charge is 0.227 e. The van der Waals surface area contributed by atoms with Crippen LogP contribution >= 0.6 is 0 Å². The minimum Gasteiger partial charge on any atom is -0.342 e. The first-order chi connectivity index (χ1) is 10.2. The molecule has 1 amide bonds. The van der Waals surface area contributed by atoms with Gasteiger partial charge in [0, 0.05) is 26.1 Å². The van der Waals surface area contributed by atoms with Gasteiger partial charge in [-0.05, 0) is 28.8 Å². The third kappa shape index (κ3) is 3.09. The van der Waals surface area contributed by atoms with E-state index < -0.39 is 0 Å². The number of carbonyl (C=O) groups is 1. The van der Waals surface area contributed by atoms with Gasteiger partial charge in [0.05, 0.1) is 6.42 Å². The van der Waals surface area contributed by atoms with E-state index in [1.807, 2.05) is 42.3 Å². The Hall–Kier alpha value is -2.24. The summed E-state index contributed by atoms with van der Waals surface area (Å²) in [6.45, 7) is 1.54. The standard InChI is InChI=1S/C15H19N5O/c1-19-15(16-17-18-19)13-8-5-9-20(11-13)14(21)10-12-6-3-2-4-7-12/h2-4,6-7,13H,5,8-11H2,1H3. The largest absolute Gasteiger partial charge is 0.342 e. The van der Waals surface area contributed by atoms with Gasteiger partial charge in [0.15, 0.2) is 5.82 Å². The summed E-state index contributed by atoms with van der Waals surface area (Å²) in [5.41, 5.74) is 1.06. The minimum absolute atomic E-state index is 0.182. The van der Waals surface area contributed by atoms with Gasteiger partial charge in [-0.15, -0.1) is 5.10 Å². The number of benzene rings is 1. The van der Waals surface area contributed by atoms with Crippen LogP contribution in [-0.4, -0.2) is 44.1 Å². The summed E-state index contributed by atoms with van der Waals surface area (Å²) in [5.74, 6) is 1.28. The number of piperidine rings is 1. The number of hydrogen-bond acceptors (Lipinski definition) is 4. The van der Waals surface area contributed by atoms with E-state index in [9.17, 15) is 4.79 Å². The molecule has 1 saturated heterocycles. The van der Waals surface area contributed by atoms with Gasteiger partial charge in [-0.3, -0.25) is 4.79 Å². The van der Waals surface area contributed by atoms with Crippen molar-refractivity contribution in [2.75, 3.05) is 13.1 Å². The van der Waals surface area contributed by atoms with Crippen molar-refractivity contribution < 1.29 is 4.79 Å². The van der Waals surface area contributed by atoms with Crippen LogP contribution in [0.1, 0.15) is 30.1 Å². The summed E-state index contributed by atoms with van der Waals surface area (Å²) in [7, 11) is 1.85. The summed E-state index contributed by atoms with van der Waals surface area (Å²) in [6.07, 6.45) is 2.49. The van der Waals surface area contributed by atoms with Crippen molar-refractivity contribution in [2.24, 2.45) is 7.05 Å². The second kappa shape index (κ2) is 6.03. The van der Waals surface area contributed by atoms with Crippen LogP contribution in [0.5, 0.6) is 0 Å². The zero-order valence-electron chi connectivity index (χ0n) is 12.1. The molecule has 1 fully saturated rings. The normalized spacial score (nSPS) is 18.7. The van der Waals surface area contributed by atoms with Gasteiger partial charge in [-0.2, -0.15) is 0 Å². The number of hydrogen-bond donors (Lipinski definition) is 0. The van der Waals surface area contributed by atoms with Crippen molar-refractivity contribution in [2.45, 2.75) is 25.2 Å². The Bertz CT molecular complexity index is 610. The molecule has 0 radical (unpaired) electrons. The van der Waals surface area contributed by atoms with E-state index in [4.69, 9.17) is 0 Å². The first-order valence-electron chi connectivity index (χ1n) is 7.28. The molecule has 0 saturated carbocycles. The Kier molecular flexibility index (Phi) is 3.94. The second-order valence-electron chi connectivity index (χ2n) is 5.50. The Labute approximate surface area is 123 Å². The average Bonchev–Trinajstić information content (AvgIpc) is 2.94. The van der Waals surface area contributed by atoms with Crippen LogP contribution in [0.15, 0.2) is 30.3 Å². The number of rotatable bonds is 3. The molecule has 1 atom stereocenters.